The first kappa shape index (κ1) is 21.0. The molecule has 162 valence electrons. The van der Waals surface area contributed by atoms with Gasteiger partial charge in [-0.15, -0.1) is 0 Å². The smallest absolute Gasteiger partial charge is 0.338 e. The number of hydrogen-bond acceptors (Lipinski definition) is 5. The molecule has 31 heavy (non-hydrogen) atoms. The first-order chi connectivity index (χ1) is 14.8. The normalized spacial score (nSPS) is 15.3. The summed E-state index contributed by atoms with van der Waals surface area (Å²) >= 11 is 0. The first-order valence-electron chi connectivity index (χ1n) is 9.57. The minimum atomic E-state index is -4.40. The zero-order chi connectivity index (χ0) is 22.0. The van der Waals surface area contributed by atoms with Crippen LogP contribution in [0.25, 0.3) is 11.4 Å². The largest absolute Gasteiger partial charge is 0.416 e. The fourth-order valence-corrected chi connectivity index (χ4v) is 3.35. The van der Waals surface area contributed by atoms with Crippen molar-refractivity contribution < 1.29 is 26.9 Å². The van der Waals surface area contributed by atoms with Crippen LogP contribution in [0.1, 0.15) is 21.8 Å². The third kappa shape index (κ3) is 4.91. The van der Waals surface area contributed by atoms with Crippen molar-refractivity contribution in [2.45, 2.75) is 12.7 Å². The van der Waals surface area contributed by atoms with Crippen molar-refractivity contribution in [1.82, 2.24) is 19.9 Å². The number of amides is 1. The van der Waals surface area contributed by atoms with E-state index in [1.807, 2.05) is 4.90 Å². The Balaban J connectivity index is 1.33. The Kier molecular flexibility index (Phi) is 5.73. The first-order valence-corrected chi connectivity index (χ1v) is 9.57. The maximum atomic E-state index is 13.3. The summed E-state index contributed by atoms with van der Waals surface area (Å²) < 4.78 is 56.6. The Morgan fingerprint density at radius 1 is 1.03 bits per heavy atom. The van der Waals surface area contributed by atoms with E-state index in [9.17, 15) is 22.4 Å². The topological polar surface area (TPSA) is 62.5 Å². The minimum absolute atomic E-state index is 0.212. The molecule has 0 atom stereocenters. The summed E-state index contributed by atoms with van der Waals surface area (Å²) in [7, 11) is 0. The lowest BCUT2D eigenvalue weighted by Crippen LogP contribution is -2.48. The maximum absolute atomic E-state index is 13.3. The molecular weight excluding hydrogens is 416 g/mol. The number of aromatic nitrogens is 2. The highest BCUT2D eigenvalue weighted by Crippen LogP contribution is 2.30. The number of rotatable bonds is 4. The van der Waals surface area contributed by atoms with Gasteiger partial charge in [0.2, 0.25) is 11.7 Å². The molecule has 10 heteroatoms. The highest BCUT2D eigenvalue weighted by atomic mass is 19.4. The van der Waals surface area contributed by atoms with Gasteiger partial charge in [0.15, 0.2) is 0 Å². The molecule has 1 fully saturated rings. The molecule has 1 saturated heterocycles. The van der Waals surface area contributed by atoms with Crippen molar-refractivity contribution >= 4 is 5.91 Å². The minimum Gasteiger partial charge on any atom is -0.338 e. The van der Waals surface area contributed by atoms with Gasteiger partial charge < -0.3 is 9.42 Å². The Labute approximate surface area is 175 Å². The molecule has 0 N–H and O–H groups in total. The predicted molar refractivity (Wildman–Crippen MR) is 102 cm³/mol. The summed E-state index contributed by atoms with van der Waals surface area (Å²) in [5.41, 5.74) is -0.00864. The van der Waals surface area contributed by atoms with Crippen LogP contribution in [0.2, 0.25) is 0 Å². The van der Waals surface area contributed by atoms with Crippen LogP contribution >= 0.6 is 0 Å². The summed E-state index contributed by atoms with van der Waals surface area (Å²) in [5.74, 6) is -0.130. The molecule has 2 heterocycles. The molecule has 1 amide bonds. The second-order valence-corrected chi connectivity index (χ2v) is 7.17. The zero-order valence-corrected chi connectivity index (χ0v) is 16.3. The SMILES string of the molecule is O=C(c1cccc(F)c1)N1CCN(Cc2nc(-c3ccc(C(F)(F)F)cc3)no2)CC1. The lowest BCUT2D eigenvalue weighted by molar-refractivity contribution is -0.137. The molecule has 0 aliphatic carbocycles. The second kappa shape index (κ2) is 8.46. The third-order valence-electron chi connectivity index (χ3n) is 5.03. The molecule has 1 aromatic heterocycles. The van der Waals surface area contributed by atoms with Gasteiger partial charge in [0.25, 0.3) is 5.91 Å². The van der Waals surface area contributed by atoms with E-state index in [4.69, 9.17) is 4.52 Å². The molecule has 2 aromatic carbocycles. The van der Waals surface area contributed by atoms with E-state index in [1.165, 1.54) is 30.3 Å². The molecule has 1 aliphatic heterocycles. The number of carbonyl (C=O) groups is 1. The molecule has 4 rings (SSSR count). The van der Waals surface area contributed by atoms with Crippen molar-refractivity contribution in [2.75, 3.05) is 26.2 Å². The highest BCUT2D eigenvalue weighted by Gasteiger charge is 2.30. The number of hydrogen-bond donors (Lipinski definition) is 0. The molecule has 0 radical (unpaired) electrons. The number of alkyl halides is 3. The van der Waals surface area contributed by atoms with Gasteiger partial charge in [0.1, 0.15) is 5.82 Å². The quantitative estimate of drug-likeness (QED) is 0.584. The molecule has 0 unspecified atom stereocenters. The highest BCUT2D eigenvalue weighted by molar-refractivity contribution is 5.94. The van der Waals surface area contributed by atoms with Crippen molar-refractivity contribution in [1.29, 1.82) is 0 Å². The molecule has 0 saturated carbocycles. The summed E-state index contributed by atoms with van der Waals surface area (Å²) in [4.78, 5) is 20.4. The Morgan fingerprint density at radius 3 is 2.39 bits per heavy atom. The number of halogens is 4. The van der Waals surface area contributed by atoms with Gasteiger partial charge in [-0.05, 0) is 30.3 Å². The lowest BCUT2D eigenvalue weighted by atomic mass is 10.1. The fraction of sp³-hybridized carbons (Fsp3) is 0.286. The van der Waals surface area contributed by atoms with Gasteiger partial charge in [0, 0.05) is 37.3 Å². The number of nitrogens with zero attached hydrogens (tertiary/aromatic N) is 4. The molecular formula is C21H18F4N4O2. The van der Waals surface area contributed by atoms with Gasteiger partial charge >= 0.3 is 6.18 Å². The van der Waals surface area contributed by atoms with Gasteiger partial charge in [-0.2, -0.15) is 18.2 Å². The van der Waals surface area contributed by atoms with Crippen LogP contribution in [0, 0.1) is 5.82 Å². The van der Waals surface area contributed by atoms with Crippen molar-refractivity contribution in [3.63, 3.8) is 0 Å². The molecule has 0 bridgehead atoms. The average Bonchev–Trinajstić information content (AvgIpc) is 3.22. The third-order valence-corrected chi connectivity index (χ3v) is 5.03. The van der Waals surface area contributed by atoms with E-state index in [2.05, 4.69) is 10.1 Å². The van der Waals surface area contributed by atoms with Crippen molar-refractivity contribution in [2.24, 2.45) is 0 Å². The Bertz CT molecular complexity index is 1060. The Hall–Kier alpha value is -3.27. The van der Waals surface area contributed by atoms with Crippen LogP contribution in [0.5, 0.6) is 0 Å². The van der Waals surface area contributed by atoms with E-state index >= 15 is 0 Å². The van der Waals surface area contributed by atoms with Crippen LogP contribution in [0.3, 0.4) is 0 Å². The monoisotopic (exact) mass is 434 g/mol. The van der Waals surface area contributed by atoms with Crippen molar-refractivity contribution in [3.8, 4) is 11.4 Å². The van der Waals surface area contributed by atoms with Crippen LogP contribution in [0.4, 0.5) is 17.6 Å². The Morgan fingerprint density at radius 2 is 1.74 bits per heavy atom. The average molecular weight is 434 g/mol. The second-order valence-electron chi connectivity index (χ2n) is 7.17. The summed E-state index contributed by atoms with van der Waals surface area (Å²) in [6.45, 7) is 2.43. The molecule has 6 nitrogen and oxygen atoms in total. The van der Waals surface area contributed by atoms with Crippen molar-refractivity contribution in [3.05, 3.63) is 71.4 Å². The zero-order valence-electron chi connectivity index (χ0n) is 16.3. The van der Waals surface area contributed by atoms with E-state index in [0.29, 0.717) is 49.7 Å². The lowest BCUT2D eigenvalue weighted by Gasteiger charge is -2.34. The van der Waals surface area contributed by atoms with Crippen LogP contribution < -0.4 is 0 Å². The van der Waals surface area contributed by atoms with Gasteiger partial charge in [-0.1, -0.05) is 23.4 Å². The maximum Gasteiger partial charge on any atom is 0.416 e. The van der Waals surface area contributed by atoms with E-state index in [0.717, 1.165) is 12.1 Å². The number of benzene rings is 2. The van der Waals surface area contributed by atoms with Crippen LogP contribution in [0.15, 0.2) is 53.1 Å². The standard InChI is InChI=1S/C21H18F4N4O2/c22-17-3-1-2-15(12-17)20(30)29-10-8-28(9-11-29)13-18-26-19(27-31-18)14-4-6-16(7-5-14)21(23,24)25/h1-7,12H,8-11,13H2. The molecule has 0 spiro atoms. The number of piperazine rings is 1. The van der Waals surface area contributed by atoms with Crippen LogP contribution in [-0.2, 0) is 12.7 Å². The summed E-state index contributed by atoms with van der Waals surface area (Å²) in [5, 5.41) is 3.84. The van der Waals surface area contributed by atoms with Gasteiger partial charge in [0.05, 0.1) is 12.1 Å². The molecule has 1 aliphatic rings. The molecule has 3 aromatic rings. The summed E-state index contributed by atoms with van der Waals surface area (Å²) in [6.07, 6.45) is -4.40. The van der Waals surface area contributed by atoms with E-state index in [-0.39, 0.29) is 11.7 Å². The van der Waals surface area contributed by atoms with E-state index < -0.39 is 17.6 Å². The van der Waals surface area contributed by atoms with Gasteiger partial charge in [-0.25, -0.2) is 4.39 Å². The van der Waals surface area contributed by atoms with Crippen LogP contribution in [-0.4, -0.2) is 52.0 Å². The summed E-state index contributed by atoms with van der Waals surface area (Å²) in [6, 6.07) is 10.1. The fourth-order valence-electron chi connectivity index (χ4n) is 3.35. The van der Waals surface area contributed by atoms with E-state index in [1.54, 1.807) is 11.0 Å². The predicted octanol–water partition coefficient (Wildman–Crippen LogP) is 3.85. The number of carbonyl (C=O) groups excluding carboxylic acids is 1. The van der Waals surface area contributed by atoms with Gasteiger partial charge in [-0.3, -0.25) is 9.69 Å².